The third-order valence-corrected chi connectivity index (χ3v) is 20.4. The van der Waals surface area contributed by atoms with Gasteiger partial charge in [-0.3, -0.25) is 9.97 Å². The third kappa shape index (κ3) is 16.6. The molecular formula is C103H66N6O3Pt3. The molecule has 9 nitrogen and oxygen atoms in total. The number of benzene rings is 14. The maximum absolute atomic E-state index is 13.4. The summed E-state index contributed by atoms with van der Waals surface area (Å²) in [5.41, 5.74) is 15.8. The fourth-order valence-electron chi connectivity index (χ4n) is 14.9. The van der Waals surface area contributed by atoms with E-state index in [1.807, 2.05) is 170 Å². The van der Waals surface area contributed by atoms with E-state index in [-0.39, 0.29) is 69.0 Å². The number of hydrogen-bond donors (Lipinski definition) is 0. The zero-order chi connectivity index (χ0) is 75.3. The molecule has 0 amide bonds. The number of aromatic nitrogens is 6. The van der Waals surface area contributed by atoms with Crippen LogP contribution in [-0.2, 0) is 76.0 Å². The van der Waals surface area contributed by atoms with Gasteiger partial charge in [0.15, 0.2) is 0 Å². The first kappa shape index (κ1) is 77.7. The van der Waals surface area contributed by atoms with E-state index in [1.54, 1.807) is 38.7 Å². The summed E-state index contributed by atoms with van der Waals surface area (Å²) >= 11 is 0. The maximum atomic E-state index is 13.4. The average Bonchev–Trinajstić information content (AvgIpc) is 0.756. The van der Waals surface area contributed by atoms with Gasteiger partial charge in [-0.2, -0.15) is 0 Å². The minimum absolute atomic E-state index is 0. The van der Waals surface area contributed by atoms with Crippen molar-refractivity contribution in [1.82, 2.24) is 29.9 Å². The SMILES string of the molecule is COc1cc(Cc2[c-]c(-c3nccc4ccccc34)cc(OC)c2)[c-]c(-c2nccc3ccccc23)c1.O=C(c1[c-]c(-c2nccc3ccccc23)ccc1)c1[c-]c(-c2nccc3ccccc23)ccc1.[Pt+2].[Pt+2].[Pt+2].[c-]1c(-c2cc3ccccc3cn2)cc2ccccc2c1Cc1[c-]c(-c2cc3ccccc3cn2)cc2ccccc12. The van der Waals surface area contributed by atoms with Crippen molar-refractivity contribution in [2.75, 3.05) is 14.2 Å². The van der Waals surface area contributed by atoms with Crippen LogP contribution >= 0.6 is 0 Å². The van der Waals surface area contributed by atoms with Crippen LogP contribution in [0.4, 0.5) is 0 Å². The second kappa shape index (κ2) is 35.2. The van der Waals surface area contributed by atoms with Crippen LogP contribution in [0.2, 0.25) is 0 Å². The second-order valence-corrected chi connectivity index (χ2v) is 27.4. The molecule has 0 unspecified atom stereocenters. The number of ether oxygens (including phenoxy) is 2. The molecule has 0 aliphatic carbocycles. The van der Waals surface area contributed by atoms with Crippen LogP contribution < -0.4 is 9.47 Å². The van der Waals surface area contributed by atoms with E-state index in [0.717, 1.165) is 155 Å². The van der Waals surface area contributed by atoms with Gasteiger partial charge in [0.25, 0.3) is 0 Å². The van der Waals surface area contributed by atoms with Crippen LogP contribution in [0.15, 0.2) is 340 Å². The number of carbonyl (C=O) groups excluding carboxylic acids is 1. The van der Waals surface area contributed by atoms with Gasteiger partial charge in [0, 0.05) is 60.1 Å². The van der Waals surface area contributed by atoms with Crippen molar-refractivity contribution in [2.45, 2.75) is 12.8 Å². The molecule has 0 fully saturated rings. The normalized spacial score (nSPS) is 10.9. The Balaban J connectivity index is 0.000000135. The number of methoxy groups -OCH3 is 2. The number of carbonyl (C=O) groups is 1. The molecule has 6 heterocycles. The Bertz CT molecular complexity index is 6580. The Morgan fingerprint density at radius 3 is 0.957 bits per heavy atom. The predicted octanol–water partition coefficient (Wildman–Crippen LogP) is 23.9. The Morgan fingerprint density at radius 2 is 0.591 bits per heavy atom. The van der Waals surface area contributed by atoms with Crippen molar-refractivity contribution in [3.05, 3.63) is 410 Å². The maximum Gasteiger partial charge on any atom is 2.00 e. The van der Waals surface area contributed by atoms with Crippen molar-refractivity contribution in [3.63, 3.8) is 0 Å². The molecule has 20 rings (SSSR count). The zero-order valence-electron chi connectivity index (χ0n) is 62.1. The molecule has 0 saturated heterocycles. The van der Waals surface area contributed by atoms with E-state index >= 15 is 0 Å². The number of pyridine rings is 6. The van der Waals surface area contributed by atoms with Crippen LogP contribution in [0, 0.1) is 36.4 Å². The standard InChI is InChI=1S/C39H24N2.C33H24N2O2.C31H18N2O.3Pt/c1-3-13-30-24-40-38(22-26(30)9-1)34-17-28-11-5-7-15-36(28)32(20-34)19-33-21-35(18-29-12-6-8-16-37(29)33)39-23-27-10-2-4-14-31(27)25-41-39;1-36-28-18-22(16-26(20-28)32-30-9-5-3-7-24(30)11-13-34-32)15-23-17-27(21-29(19-23)37-2)33-31-10-6-4-8-25(31)12-14-35-33;34-31(25-11-5-9-23(19-25)29-27-13-3-1-7-21(27)15-17-32-29)26-12-6-10-24(20-26)30-28-14-4-2-8-22(28)16-18-33-30;;;/h1-18,22-25H,19H2;3-14,18-21H,15H2,1-2H3;1-18H;;;/q3*-2;3*+2. The molecule has 0 saturated carbocycles. The van der Waals surface area contributed by atoms with E-state index in [0.29, 0.717) is 24.0 Å². The van der Waals surface area contributed by atoms with Crippen molar-refractivity contribution in [3.8, 4) is 79.0 Å². The summed E-state index contributed by atoms with van der Waals surface area (Å²) in [6.07, 6.45) is 12.5. The summed E-state index contributed by atoms with van der Waals surface area (Å²) in [7, 11) is 3.36. The largest absolute Gasteiger partial charge is 2.00 e. The van der Waals surface area contributed by atoms with E-state index < -0.39 is 0 Å². The number of fused-ring (bicyclic) bond motifs is 8. The van der Waals surface area contributed by atoms with Crippen LogP contribution in [0.25, 0.3) is 154 Å². The summed E-state index contributed by atoms with van der Waals surface area (Å²) in [5.74, 6) is 1.39. The van der Waals surface area contributed by atoms with Gasteiger partial charge in [0.2, 0.25) is 0 Å². The molecule has 0 N–H and O–H groups in total. The Kier molecular flexibility index (Phi) is 23.8. The summed E-state index contributed by atoms with van der Waals surface area (Å²) < 4.78 is 11.3. The van der Waals surface area contributed by atoms with Crippen LogP contribution in [0.5, 0.6) is 11.5 Å². The molecule has 0 aliphatic rings. The van der Waals surface area contributed by atoms with Gasteiger partial charge in [0.05, 0.1) is 14.2 Å². The summed E-state index contributed by atoms with van der Waals surface area (Å²) in [5, 5.41) is 18.1. The van der Waals surface area contributed by atoms with Gasteiger partial charge < -0.3 is 34.2 Å². The van der Waals surface area contributed by atoms with E-state index in [4.69, 9.17) is 19.4 Å². The fourth-order valence-corrected chi connectivity index (χ4v) is 14.9. The van der Waals surface area contributed by atoms with Crippen molar-refractivity contribution >= 4 is 92.0 Å². The minimum atomic E-state index is -0.135. The van der Waals surface area contributed by atoms with E-state index in [9.17, 15) is 4.79 Å². The van der Waals surface area contributed by atoms with Crippen molar-refractivity contribution < 1.29 is 77.5 Å². The first-order valence-electron chi connectivity index (χ1n) is 37.0. The molecule has 0 bridgehead atoms. The molecule has 115 heavy (non-hydrogen) atoms. The Morgan fingerprint density at radius 1 is 0.270 bits per heavy atom. The third-order valence-electron chi connectivity index (χ3n) is 20.4. The fraction of sp³-hybridized carbons (Fsp3) is 0.0388. The number of hydrogen-bond acceptors (Lipinski definition) is 9. The molecule has 20 aromatic rings. The van der Waals surface area contributed by atoms with Gasteiger partial charge in [-0.25, -0.2) is 0 Å². The zero-order valence-corrected chi connectivity index (χ0v) is 68.9. The molecule has 12 heteroatoms. The average molecular weight is 2020 g/mol. The Labute approximate surface area is 709 Å². The monoisotopic (exact) mass is 2020 g/mol. The van der Waals surface area contributed by atoms with Crippen molar-refractivity contribution in [2.24, 2.45) is 0 Å². The van der Waals surface area contributed by atoms with Gasteiger partial charge in [-0.1, -0.05) is 251 Å². The molecule has 0 spiro atoms. The summed E-state index contributed by atoms with van der Waals surface area (Å²) in [4.78, 5) is 41.6. The molecule has 14 aromatic carbocycles. The molecule has 0 aliphatic heterocycles. The van der Waals surface area contributed by atoms with Gasteiger partial charge in [-0.15, -0.1) is 152 Å². The topological polar surface area (TPSA) is 113 Å². The number of ketones is 1. The van der Waals surface area contributed by atoms with Crippen LogP contribution in [0.3, 0.4) is 0 Å². The van der Waals surface area contributed by atoms with Crippen molar-refractivity contribution in [1.29, 1.82) is 0 Å². The number of rotatable bonds is 14. The smallest absolute Gasteiger partial charge is 0.516 e. The first-order chi connectivity index (χ1) is 55.3. The summed E-state index contributed by atoms with van der Waals surface area (Å²) in [6.45, 7) is 0. The van der Waals surface area contributed by atoms with Gasteiger partial charge >= 0.3 is 63.2 Å². The van der Waals surface area contributed by atoms with Crippen LogP contribution in [-0.4, -0.2) is 49.9 Å². The molecule has 556 valence electrons. The predicted molar refractivity (Wildman–Crippen MR) is 453 cm³/mol. The Hall–Kier alpha value is -12.6. The van der Waals surface area contributed by atoms with Crippen LogP contribution in [0.1, 0.15) is 38.2 Å². The van der Waals surface area contributed by atoms with Gasteiger partial charge in [0.1, 0.15) is 5.78 Å². The van der Waals surface area contributed by atoms with E-state index in [1.165, 1.54) is 32.3 Å². The second-order valence-electron chi connectivity index (χ2n) is 27.4. The quantitative estimate of drug-likeness (QED) is 0.0776. The molecule has 6 aromatic heterocycles. The van der Waals surface area contributed by atoms with E-state index in [2.05, 4.69) is 202 Å². The molecular weight excluding hydrogens is 1950 g/mol. The minimum Gasteiger partial charge on any atom is -0.516 e. The molecule has 0 radical (unpaired) electrons. The summed E-state index contributed by atoms with van der Waals surface area (Å²) in [6, 6.07) is 124. The number of nitrogens with zero attached hydrogens (tertiary/aromatic N) is 6. The molecule has 0 atom stereocenters. The first-order valence-corrected chi connectivity index (χ1v) is 37.0. The van der Waals surface area contributed by atoms with Gasteiger partial charge in [-0.05, 0) is 125 Å².